The number of hydrogen-bond donors (Lipinski definition) is 1. The average molecular weight is 541 g/mol. The maximum Gasteiger partial charge on any atom is 0.573 e. The summed E-state index contributed by atoms with van der Waals surface area (Å²) in [5.41, 5.74) is 8.92. The molecule has 1 aliphatic rings. The summed E-state index contributed by atoms with van der Waals surface area (Å²) in [5.74, 6) is 1.60. The van der Waals surface area contributed by atoms with Gasteiger partial charge in [-0.1, -0.05) is 42.1 Å². The molecule has 1 saturated heterocycles. The van der Waals surface area contributed by atoms with Gasteiger partial charge in [-0.3, -0.25) is 0 Å². The minimum absolute atomic E-state index is 0.228. The molecular weight excluding hydrogens is 517 g/mol. The van der Waals surface area contributed by atoms with E-state index in [1.807, 2.05) is 36.4 Å². The maximum atomic E-state index is 12.2. The second kappa shape index (κ2) is 12.3. The van der Waals surface area contributed by atoms with E-state index in [-0.39, 0.29) is 11.6 Å². The molecule has 0 atom stereocenters. The first-order valence-electron chi connectivity index (χ1n) is 11.3. The number of nitrogens with two attached hydrogens (primary N) is 1. The highest BCUT2D eigenvalue weighted by molar-refractivity contribution is 8.14. The molecule has 3 aromatic rings. The number of amidine groups is 2. The van der Waals surface area contributed by atoms with Gasteiger partial charge in [-0.25, -0.2) is 9.98 Å². The van der Waals surface area contributed by atoms with Crippen LogP contribution < -0.4 is 20.1 Å². The molecule has 0 aliphatic carbocycles. The van der Waals surface area contributed by atoms with E-state index in [9.17, 15) is 13.2 Å². The Morgan fingerprint density at radius 2 is 1.79 bits per heavy atom. The number of rotatable bonds is 8. The molecule has 0 amide bonds. The average Bonchev–Trinajstić information content (AvgIpc) is 3.38. The first-order valence-corrected chi connectivity index (χ1v) is 12.3. The van der Waals surface area contributed by atoms with E-state index in [1.165, 1.54) is 30.6 Å². The van der Waals surface area contributed by atoms with Crippen LogP contribution in [0.1, 0.15) is 11.1 Å². The van der Waals surface area contributed by atoms with Crippen LogP contribution >= 0.6 is 11.8 Å². The van der Waals surface area contributed by atoms with Crippen molar-refractivity contribution >= 4 is 46.7 Å². The molecule has 4 rings (SSSR count). The second-order valence-corrected chi connectivity index (χ2v) is 8.81. The van der Waals surface area contributed by atoms with Crippen molar-refractivity contribution in [3.8, 4) is 11.5 Å². The van der Waals surface area contributed by atoms with Crippen LogP contribution in [0.3, 0.4) is 0 Å². The minimum atomic E-state index is -4.74. The molecule has 0 unspecified atom stereocenters. The van der Waals surface area contributed by atoms with Crippen molar-refractivity contribution in [2.75, 3.05) is 24.3 Å². The Bertz CT molecular complexity index is 1360. The number of alkyl halides is 3. The summed E-state index contributed by atoms with van der Waals surface area (Å²) in [6, 6.07) is 20.1. The molecule has 2 N–H and O–H groups in total. The Hall–Kier alpha value is -4.32. The van der Waals surface area contributed by atoms with Crippen LogP contribution in [0.4, 0.5) is 24.5 Å². The fraction of sp³-hybridized carbons (Fsp3) is 0.154. The summed E-state index contributed by atoms with van der Waals surface area (Å²) >= 11 is 1.63. The highest BCUT2D eigenvalue weighted by atomic mass is 32.2. The number of methoxy groups -OCH3 is 1. The minimum Gasteiger partial charge on any atom is -0.497 e. The predicted octanol–water partition coefficient (Wildman–Crippen LogP) is 5.60. The molecule has 196 valence electrons. The van der Waals surface area contributed by atoms with E-state index in [4.69, 9.17) is 10.5 Å². The van der Waals surface area contributed by atoms with Crippen LogP contribution in [0.15, 0.2) is 93.0 Å². The lowest BCUT2D eigenvalue weighted by molar-refractivity contribution is -0.274. The molecule has 3 aromatic carbocycles. The van der Waals surface area contributed by atoms with Gasteiger partial charge in [0.2, 0.25) is 0 Å². The molecule has 0 saturated carbocycles. The quantitative estimate of drug-likeness (QED) is 0.228. The van der Waals surface area contributed by atoms with Crippen LogP contribution in [0.2, 0.25) is 0 Å². The lowest BCUT2D eigenvalue weighted by Crippen LogP contribution is -2.23. The second-order valence-electron chi connectivity index (χ2n) is 7.75. The third-order valence-corrected chi connectivity index (χ3v) is 6.12. The van der Waals surface area contributed by atoms with Crippen molar-refractivity contribution in [1.82, 2.24) is 0 Å². The van der Waals surface area contributed by atoms with Crippen molar-refractivity contribution in [2.45, 2.75) is 6.36 Å². The normalized spacial score (nSPS) is 15.6. The van der Waals surface area contributed by atoms with Gasteiger partial charge >= 0.3 is 6.36 Å². The van der Waals surface area contributed by atoms with E-state index >= 15 is 0 Å². The van der Waals surface area contributed by atoms with E-state index in [0.717, 1.165) is 34.5 Å². The molecule has 38 heavy (non-hydrogen) atoms. The largest absolute Gasteiger partial charge is 0.573 e. The van der Waals surface area contributed by atoms with Crippen molar-refractivity contribution in [1.29, 1.82) is 0 Å². The summed E-state index contributed by atoms with van der Waals surface area (Å²) in [5, 5.41) is 9.44. The zero-order chi connectivity index (χ0) is 27.0. The third kappa shape index (κ3) is 7.59. The molecule has 0 spiro atoms. The van der Waals surface area contributed by atoms with Gasteiger partial charge in [0.05, 0.1) is 19.0 Å². The Balaban J connectivity index is 1.35. The fourth-order valence-corrected chi connectivity index (χ4v) is 4.27. The monoisotopic (exact) mass is 540 g/mol. The Morgan fingerprint density at radius 1 is 1.03 bits per heavy atom. The van der Waals surface area contributed by atoms with Gasteiger partial charge in [-0.15, -0.1) is 18.3 Å². The van der Waals surface area contributed by atoms with E-state index in [1.54, 1.807) is 37.2 Å². The van der Waals surface area contributed by atoms with Gasteiger partial charge in [0.15, 0.2) is 5.17 Å². The van der Waals surface area contributed by atoms with Gasteiger partial charge in [0, 0.05) is 29.6 Å². The van der Waals surface area contributed by atoms with Crippen LogP contribution in [0.5, 0.6) is 11.5 Å². The van der Waals surface area contributed by atoms with Gasteiger partial charge in [0.1, 0.15) is 23.7 Å². The van der Waals surface area contributed by atoms with Crippen molar-refractivity contribution < 1.29 is 22.6 Å². The number of aliphatic imine (C=N–C) groups is 2. The number of nitrogens with zero attached hydrogens (tertiary/aromatic N) is 5. The molecular formula is C26H23F3N6O2S. The molecule has 0 radical (unpaired) electrons. The van der Waals surface area contributed by atoms with Crippen LogP contribution in [0.25, 0.3) is 0 Å². The van der Waals surface area contributed by atoms with Crippen LogP contribution in [0, 0.1) is 0 Å². The van der Waals surface area contributed by atoms with Crippen molar-refractivity contribution in [2.24, 2.45) is 25.9 Å². The Labute approximate surface area is 221 Å². The summed E-state index contributed by atoms with van der Waals surface area (Å²) in [6.07, 6.45) is -1.86. The summed E-state index contributed by atoms with van der Waals surface area (Å²) in [4.78, 5) is 10.2. The Kier molecular flexibility index (Phi) is 8.64. The van der Waals surface area contributed by atoms with Gasteiger partial charge < -0.3 is 20.1 Å². The van der Waals surface area contributed by atoms with Gasteiger partial charge in [-0.05, 0) is 42.0 Å². The standard InChI is InChI=1S/C26H23F3N6O2S/c1-36-23-4-2-3-21(15-23)35-13-14-38-25(35)34-33-16-18-5-7-19(8-6-18)24(30)32-17-31-20-9-11-22(12-10-20)37-26(27,28)29/h2-12,15-17H,13-14H2,1H3,(H2,30,31,32)/b33-16-,34-25+. The molecule has 12 heteroatoms. The zero-order valence-electron chi connectivity index (χ0n) is 20.2. The van der Waals surface area contributed by atoms with E-state index in [2.05, 4.69) is 29.8 Å². The molecule has 1 heterocycles. The van der Waals surface area contributed by atoms with Crippen molar-refractivity contribution in [3.05, 3.63) is 83.9 Å². The zero-order valence-corrected chi connectivity index (χ0v) is 21.0. The highest BCUT2D eigenvalue weighted by Gasteiger charge is 2.30. The number of hydrogen-bond acceptors (Lipinski definition) is 6. The summed E-state index contributed by atoms with van der Waals surface area (Å²) < 4.78 is 45.8. The van der Waals surface area contributed by atoms with Crippen LogP contribution in [-0.4, -0.2) is 49.3 Å². The third-order valence-electron chi connectivity index (χ3n) is 5.17. The molecule has 0 bridgehead atoms. The first-order chi connectivity index (χ1) is 18.3. The van der Waals surface area contributed by atoms with E-state index < -0.39 is 6.36 Å². The maximum absolute atomic E-state index is 12.2. The molecule has 1 fully saturated rings. The van der Waals surface area contributed by atoms with Crippen molar-refractivity contribution in [3.63, 3.8) is 0 Å². The van der Waals surface area contributed by atoms with Crippen LogP contribution in [-0.2, 0) is 0 Å². The highest BCUT2D eigenvalue weighted by Crippen LogP contribution is 2.28. The van der Waals surface area contributed by atoms with Gasteiger partial charge in [-0.2, -0.15) is 5.10 Å². The number of ether oxygens (including phenoxy) is 2. The molecule has 0 aromatic heterocycles. The molecule has 1 aliphatic heterocycles. The first kappa shape index (κ1) is 26.7. The lowest BCUT2D eigenvalue weighted by atomic mass is 10.1. The fourth-order valence-electron chi connectivity index (χ4n) is 3.35. The topological polar surface area (TPSA) is 97.2 Å². The number of halogens is 3. The summed E-state index contributed by atoms with van der Waals surface area (Å²) in [7, 11) is 1.64. The molecule has 8 nitrogen and oxygen atoms in total. The van der Waals surface area contributed by atoms with Gasteiger partial charge in [0.25, 0.3) is 0 Å². The predicted molar refractivity (Wildman–Crippen MR) is 146 cm³/mol. The SMILES string of the molecule is COc1cccc(N2CCS/C2=N/N=C\c2ccc(C(N)=NC=Nc3ccc(OC(F)(F)F)cc3)cc2)c1. The van der Waals surface area contributed by atoms with E-state index in [0.29, 0.717) is 11.3 Å². The number of benzene rings is 3. The number of anilines is 1. The lowest BCUT2D eigenvalue weighted by Gasteiger charge is -2.17. The Morgan fingerprint density at radius 3 is 2.50 bits per heavy atom. The number of thioether (sulfide) groups is 1. The summed E-state index contributed by atoms with van der Waals surface area (Å²) in [6.45, 7) is 0.834. The smallest absolute Gasteiger partial charge is 0.497 e.